The molecule has 0 aliphatic carbocycles. The van der Waals surface area contributed by atoms with Crippen LogP contribution in [0.4, 0.5) is 0 Å². The van der Waals surface area contributed by atoms with Gasteiger partial charge in [-0.3, -0.25) is 4.68 Å². The molecule has 1 aromatic heterocycles. The molecule has 5 nitrogen and oxygen atoms in total. The van der Waals surface area contributed by atoms with Gasteiger partial charge in [-0.05, 0) is 19.0 Å². The fourth-order valence-electron chi connectivity index (χ4n) is 1.24. The van der Waals surface area contributed by atoms with E-state index in [9.17, 15) is 5.11 Å². The number of hydrogen-bond donors (Lipinski definition) is 3. The Hall–Kier alpha value is -0.910. The van der Waals surface area contributed by atoms with Crippen molar-refractivity contribution >= 4 is 0 Å². The van der Waals surface area contributed by atoms with Crippen molar-refractivity contribution in [1.29, 1.82) is 0 Å². The molecule has 0 fully saturated rings. The summed E-state index contributed by atoms with van der Waals surface area (Å²) in [6.45, 7) is 0.482. The molecule has 0 aliphatic rings. The molecule has 0 spiro atoms. The lowest BCUT2D eigenvalue weighted by Gasteiger charge is -2.17. The zero-order chi connectivity index (χ0) is 9.84. The van der Waals surface area contributed by atoms with E-state index >= 15 is 0 Å². The van der Waals surface area contributed by atoms with Gasteiger partial charge in [0, 0.05) is 19.3 Å². The van der Waals surface area contributed by atoms with Crippen molar-refractivity contribution in [2.24, 2.45) is 18.5 Å². The first-order chi connectivity index (χ1) is 6.16. The van der Waals surface area contributed by atoms with Crippen LogP contribution < -0.4 is 11.5 Å². The van der Waals surface area contributed by atoms with Gasteiger partial charge >= 0.3 is 0 Å². The van der Waals surface area contributed by atoms with Crippen LogP contribution in [0.2, 0.25) is 0 Å². The molecule has 2 atom stereocenters. The number of aliphatic hydroxyl groups excluding tert-OH is 1. The van der Waals surface area contributed by atoms with Crippen molar-refractivity contribution in [3.05, 3.63) is 18.0 Å². The van der Waals surface area contributed by atoms with Crippen LogP contribution in [0, 0.1) is 0 Å². The first-order valence-corrected chi connectivity index (χ1v) is 4.28. The molecule has 0 aliphatic heterocycles. The molecular formula is C8H16N4O. The highest BCUT2D eigenvalue weighted by molar-refractivity contribution is 5.06. The number of aliphatic hydroxyl groups is 1. The fraction of sp³-hybridized carbons (Fsp3) is 0.625. The van der Waals surface area contributed by atoms with Gasteiger partial charge in [0.25, 0.3) is 0 Å². The highest BCUT2D eigenvalue weighted by Crippen LogP contribution is 2.15. The van der Waals surface area contributed by atoms with Gasteiger partial charge in [-0.2, -0.15) is 5.10 Å². The van der Waals surface area contributed by atoms with Gasteiger partial charge in [0.05, 0.1) is 5.69 Å². The Labute approximate surface area is 77.3 Å². The molecular weight excluding hydrogens is 168 g/mol. The molecule has 0 bridgehead atoms. The van der Waals surface area contributed by atoms with Crippen LogP contribution in [0.5, 0.6) is 0 Å². The lowest BCUT2D eigenvalue weighted by atomic mass is 10.1. The number of nitrogens with two attached hydrogens (primary N) is 2. The van der Waals surface area contributed by atoms with Gasteiger partial charge in [0.1, 0.15) is 6.10 Å². The first-order valence-electron chi connectivity index (χ1n) is 4.28. The number of aromatic nitrogens is 2. The van der Waals surface area contributed by atoms with E-state index in [2.05, 4.69) is 5.10 Å². The average Bonchev–Trinajstić information content (AvgIpc) is 2.50. The molecule has 0 radical (unpaired) electrons. The van der Waals surface area contributed by atoms with Crippen LogP contribution >= 0.6 is 0 Å². The van der Waals surface area contributed by atoms with E-state index in [0.29, 0.717) is 13.0 Å². The standard InChI is InChI=1S/C8H16N4O/c1-12-7(3-5-11-12)8(13)6(10)2-4-9/h3,5-6,8,13H,2,4,9-10H2,1H3. The minimum absolute atomic E-state index is 0.319. The molecule has 0 aromatic carbocycles. The van der Waals surface area contributed by atoms with Crippen molar-refractivity contribution in [3.63, 3.8) is 0 Å². The topological polar surface area (TPSA) is 90.1 Å². The van der Waals surface area contributed by atoms with Crippen LogP contribution in [-0.2, 0) is 7.05 Å². The predicted molar refractivity (Wildman–Crippen MR) is 49.8 cm³/mol. The van der Waals surface area contributed by atoms with Gasteiger partial charge in [-0.15, -0.1) is 0 Å². The summed E-state index contributed by atoms with van der Waals surface area (Å²) in [5, 5.41) is 13.7. The fourth-order valence-corrected chi connectivity index (χ4v) is 1.24. The minimum atomic E-state index is -0.684. The van der Waals surface area contributed by atoms with E-state index in [0.717, 1.165) is 5.69 Å². The number of rotatable bonds is 4. The molecule has 0 saturated heterocycles. The predicted octanol–water partition coefficient (Wildman–Crippen LogP) is -0.870. The summed E-state index contributed by atoms with van der Waals surface area (Å²) in [4.78, 5) is 0. The SMILES string of the molecule is Cn1nccc1C(O)C(N)CCN. The van der Waals surface area contributed by atoms with E-state index in [1.807, 2.05) is 0 Å². The summed E-state index contributed by atoms with van der Waals surface area (Å²) >= 11 is 0. The third-order valence-electron chi connectivity index (χ3n) is 2.07. The normalized spacial score (nSPS) is 15.7. The molecule has 0 amide bonds. The van der Waals surface area contributed by atoms with Gasteiger partial charge in [-0.1, -0.05) is 0 Å². The quantitative estimate of drug-likeness (QED) is 0.567. The lowest BCUT2D eigenvalue weighted by Crippen LogP contribution is -2.31. The van der Waals surface area contributed by atoms with Crippen molar-refractivity contribution < 1.29 is 5.11 Å². The first kappa shape index (κ1) is 10.2. The Morgan fingerprint density at radius 3 is 2.85 bits per heavy atom. The summed E-state index contributed by atoms with van der Waals surface area (Å²) < 4.78 is 1.61. The molecule has 1 aromatic rings. The Balaban J connectivity index is 2.67. The van der Waals surface area contributed by atoms with Gasteiger partial charge in [-0.25, -0.2) is 0 Å². The van der Waals surface area contributed by atoms with E-state index in [4.69, 9.17) is 11.5 Å². The molecule has 1 rings (SSSR count). The van der Waals surface area contributed by atoms with E-state index in [1.54, 1.807) is 24.0 Å². The molecule has 13 heavy (non-hydrogen) atoms. The van der Waals surface area contributed by atoms with Crippen LogP contribution in [-0.4, -0.2) is 27.5 Å². The molecule has 5 heteroatoms. The van der Waals surface area contributed by atoms with Crippen LogP contribution in [0.3, 0.4) is 0 Å². The van der Waals surface area contributed by atoms with Crippen molar-refractivity contribution in [2.75, 3.05) is 6.54 Å². The van der Waals surface area contributed by atoms with Crippen LogP contribution in [0.1, 0.15) is 18.2 Å². The summed E-state index contributed by atoms with van der Waals surface area (Å²) in [7, 11) is 1.77. The van der Waals surface area contributed by atoms with Crippen LogP contribution in [0.15, 0.2) is 12.3 Å². The smallest absolute Gasteiger partial charge is 0.111 e. The largest absolute Gasteiger partial charge is 0.385 e. The van der Waals surface area contributed by atoms with E-state index in [1.165, 1.54) is 0 Å². The lowest BCUT2D eigenvalue weighted by molar-refractivity contribution is 0.134. The summed E-state index contributed by atoms with van der Waals surface area (Å²) in [5.74, 6) is 0. The minimum Gasteiger partial charge on any atom is -0.385 e. The number of hydrogen-bond acceptors (Lipinski definition) is 4. The highest BCUT2D eigenvalue weighted by atomic mass is 16.3. The molecule has 5 N–H and O–H groups in total. The summed E-state index contributed by atoms with van der Waals surface area (Å²) in [5.41, 5.74) is 11.8. The second-order valence-corrected chi connectivity index (χ2v) is 3.07. The molecule has 74 valence electrons. The Morgan fingerprint density at radius 1 is 1.69 bits per heavy atom. The summed E-state index contributed by atoms with van der Waals surface area (Å²) in [6, 6.07) is 1.43. The second-order valence-electron chi connectivity index (χ2n) is 3.07. The zero-order valence-electron chi connectivity index (χ0n) is 7.72. The van der Waals surface area contributed by atoms with Crippen molar-refractivity contribution in [1.82, 2.24) is 9.78 Å². The third-order valence-corrected chi connectivity index (χ3v) is 2.07. The molecule has 0 saturated carbocycles. The third kappa shape index (κ3) is 2.27. The summed E-state index contributed by atoms with van der Waals surface area (Å²) in [6.07, 6.45) is 1.55. The van der Waals surface area contributed by atoms with Crippen LogP contribution in [0.25, 0.3) is 0 Å². The highest BCUT2D eigenvalue weighted by Gasteiger charge is 2.18. The Kier molecular flexibility index (Phi) is 3.41. The van der Waals surface area contributed by atoms with Gasteiger partial charge < -0.3 is 16.6 Å². The Bertz CT molecular complexity index is 260. The van der Waals surface area contributed by atoms with Gasteiger partial charge in [0.2, 0.25) is 0 Å². The van der Waals surface area contributed by atoms with E-state index < -0.39 is 6.10 Å². The molecule has 2 unspecified atom stereocenters. The monoisotopic (exact) mass is 184 g/mol. The maximum absolute atomic E-state index is 9.75. The molecule has 1 heterocycles. The van der Waals surface area contributed by atoms with Gasteiger partial charge in [0.15, 0.2) is 0 Å². The maximum atomic E-state index is 9.75. The van der Waals surface area contributed by atoms with Crippen molar-refractivity contribution in [2.45, 2.75) is 18.6 Å². The van der Waals surface area contributed by atoms with E-state index in [-0.39, 0.29) is 6.04 Å². The maximum Gasteiger partial charge on any atom is 0.111 e. The number of nitrogens with zero attached hydrogens (tertiary/aromatic N) is 2. The zero-order valence-corrected chi connectivity index (χ0v) is 7.72. The average molecular weight is 184 g/mol. The Morgan fingerprint density at radius 2 is 2.38 bits per heavy atom. The second kappa shape index (κ2) is 4.36. The number of aryl methyl sites for hydroxylation is 1. The van der Waals surface area contributed by atoms with Crippen molar-refractivity contribution in [3.8, 4) is 0 Å².